The molecule has 0 N–H and O–H groups in total. The number of aromatic nitrogens is 3. The summed E-state index contributed by atoms with van der Waals surface area (Å²) in [4.78, 5) is 16.5. The molecule has 1 heterocycles. The van der Waals surface area contributed by atoms with Gasteiger partial charge in [0, 0.05) is 23.4 Å². The molecular weight excluding hydrogens is 491 g/mol. The topological polar surface area (TPSA) is 57.0 Å². The molecule has 0 saturated carbocycles. The number of aryl methyl sites for hydroxylation is 1. The van der Waals surface area contributed by atoms with Crippen molar-refractivity contribution in [2.24, 2.45) is 0 Å². The standard InChI is InChI=1S/C27H23ClF3N3O2/c28-22-11-7-20(8-12-22)17-24(35)4-2-1-3-19-5-9-21(10-6-19)26-32-18-34(33-26)23-13-15-25(16-14-23)36-27(29,30)31/h5-16,18H,1-4,17H2. The Morgan fingerprint density at radius 2 is 1.56 bits per heavy atom. The van der Waals surface area contributed by atoms with Crippen molar-refractivity contribution in [3.05, 3.63) is 95.3 Å². The van der Waals surface area contributed by atoms with Gasteiger partial charge in [0.2, 0.25) is 0 Å². The summed E-state index contributed by atoms with van der Waals surface area (Å²) in [6, 6.07) is 20.6. The third-order valence-corrected chi connectivity index (χ3v) is 5.78. The molecule has 0 bridgehead atoms. The highest BCUT2D eigenvalue weighted by molar-refractivity contribution is 6.30. The monoisotopic (exact) mass is 513 g/mol. The van der Waals surface area contributed by atoms with Crippen LogP contribution in [0.15, 0.2) is 79.1 Å². The van der Waals surface area contributed by atoms with Crippen LogP contribution >= 0.6 is 11.6 Å². The van der Waals surface area contributed by atoms with Crippen molar-refractivity contribution in [2.45, 2.75) is 38.5 Å². The van der Waals surface area contributed by atoms with Crippen molar-refractivity contribution >= 4 is 17.4 Å². The van der Waals surface area contributed by atoms with E-state index in [0.717, 1.165) is 36.0 Å². The number of carbonyl (C=O) groups is 1. The van der Waals surface area contributed by atoms with Gasteiger partial charge in [0.05, 0.1) is 5.69 Å². The van der Waals surface area contributed by atoms with Crippen molar-refractivity contribution in [2.75, 3.05) is 0 Å². The van der Waals surface area contributed by atoms with E-state index in [0.29, 0.717) is 29.4 Å². The van der Waals surface area contributed by atoms with Crippen molar-refractivity contribution in [1.82, 2.24) is 14.8 Å². The van der Waals surface area contributed by atoms with Crippen molar-refractivity contribution < 1.29 is 22.7 Å². The summed E-state index contributed by atoms with van der Waals surface area (Å²) < 4.78 is 42.3. The van der Waals surface area contributed by atoms with Gasteiger partial charge in [-0.05, 0) is 66.8 Å². The fourth-order valence-corrected chi connectivity index (χ4v) is 3.84. The number of carbonyl (C=O) groups excluding carboxylic acids is 1. The van der Waals surface area contributed by atoms with Gasteiger partial charge in [0.15, 0.2) is 5.82 Å². The Morgan fingerprint density at radius 1 is 0.889 bits per heavy atom. The molecule has 9 heteroatoms. The first-order valence-corrected chi connectivity index (χ1v) is 11.8. The second-order valence-corrected chi connectivity index (χ2v) is 8.74. The van der Waals surface area contributed by atoms with E-state index in [-0.39, 0.29) is 11.5 Å². The van der Waals surface area contributed by atoms with Gasteiger partial charge in [-0.25, -0.2) is 9.67 Å². The normalized spacial score (nSPS) is 11.4. The Balaban J connectivity index is 1.25. The molecule has 4 aromatic rings. The molecule has 0 unspecified atom stereocenters. The lowest BCUT2D eigenvalue weighted by molar-refractivity contribution is -0.274. The van der Waals surface area contributed by atoms with Crippen LogP contribution in [0, 0.1) is 0 Å². The van der Waals surface area contributed by atoms with Crippen LogP contribution in [0.2, 0.25) is 5.02 Å². The number of nitrogens with zero attached hydrogens (tertiary/aromatic N) is 3. The fourth-order valence-electron chi connectivity index (χ4n) is 3.71. The van der Waals surface area contributed by atoms with E-state index in [1.165, 1.54) is 35.3 Å². The lowest BCUT2D eigenvalue weighted by Crippen LogP contribution is -2.17. The number of hydrogen-bond donors (Lipinski definition) is 0. The quantitative estimate of drug-likeness (QED) is 0.214. The average Bonchev–Trinajstić information content (AvgIpc) is 3.34. The maximum absolute atomic E-state index is 12.3. The minimum atomic E-state index is -4.73. The molecule has 0 fully saturated rings. The minimum absolute atomic E-state index is 0.219. The third-order valence-electron chi connectivity index (χ3n) is 5.52. The molecule has 5 nitrogen and oxygen atoms in total. The first-order chi connectivity index (χ1) is 17.2. The van der Waals surface area contributed by atoms with Crippen LogP contribution in [0.3, 0.4) is 0 Å². The first-order valence-electron chi connectivity index (χ1n) is 11.4. The van der Waals surface area contributed by atoms with Crippen molar-refractivity contribution in [3.8, 4) is 22.8 Å². The molecule has 0 aliphatic rings. The molecule has 0 saturated heterocycles. The number of unbranched alkanes of at least 4 members (excludes halogenated alkanes) is 1. The highest BCUT2D eigenvalue weighted by Gasteiger charge is 2.31. The zero-order valence-corrected chi connectivity index (χ0v) is 20.0. The molecule has 4 rings (SSSR count). The van der Waals surface area contributed by atoms with Crippen molar-refractivity contribution in [1.29, 1.82) is 0 Å². The van der Waals surface area contributed by atoms with Crippen molar-refractivity contribution in [3.63, 3.8) is 0 Å². The lowest BCUT2D eigenvalue weighted by Gasteiger charge is -2.09. The Labute approximate surface area is 211 Å². The molecular formula is C27H23ClF3N3O2. The van der Waals surface area contributed by atoms with Gasteiger partial charge in [0.1, 0.15) is 17.9 Å². The maximum atomic E-state index is 12.3. The first kappa shape index (κ1) is 25.4. The van der Waals surface area contributed by atoms with Crippen LogP contribution in [0.4, 0.5) is 13.2 Å². The zero-order valence-electron chi connectivity index (χ0n) is 19.2. The molecule has 0 aliphatic carbocycles. The average molecular weight is 514 g/mol. The van der Waals surface area contributed by atoms with Crippen LogP contribution in [0.5, 0.6) is 5.75 Å². The lowest BCUT2D eigenvalue weighted by atomic mass is 10.0. The number of alkyl halides is 3. The van der Waals surface area contributed by atoms with E-state index < -0.39 is 6.36 Å². The predicted molar refractivity (Wildman–Crippen MR) is 131 cm³/mol. The largest absolute Gasteiger partial charge is 0.573 e. The van der Waals surface area contributed by atoms with Gasteiger partial charge < -0.3 is 4.74 Å². The van der Waals surface area contributed by atoms with E-state index in [9.17, 15) is 18.0 Å². The molecule has 0 radical (unpaired) electrons. The summed E-state index contributed by atoms with van der Waals surface area (Å²) in [5, 5.41) is 5.08. The zero-order chi connectivity index (χ0) is 25.5. The Kier molecular flexibility index (Phi) is 8.05. The summed E-state index contributed by atoms with van der Waals surface area (Å²) in [7, 11) is 0. The molecule has 3 aromatic carbocycles. The second kappa shape index (κ2) is 11.4. The number of rotatable bonds is 10. The Hall–Kier alpha value is -3.65. The second-order valence-electron chi connectivity index (χ2n) is 8.30. The molecule has 0 atom stereocenters. The number of ketones is 1. The van der Waals surface area contributed by atoms with E-state index >= 15 is 0 Å². The van der Waals surface area contributed by atoms with Crippen LogP contribution < -0.4 is 4.74 Å². The maximum Gasteiger partial charge on any atom is 0.573 e. The van der Waals surface area contributed by atoms with Gasteiger partial charge >= 0.3 is 6.36 Å². The highest BCUT2D eigenvalue weighted by Crippen LogP contribution is 2.24. The van der Waals surface area contributed by atoms with E-state index in [4.69, 9.17) is 11.6 Å². The molecule has 36 heavy (non-hydrogen) atoms. The number of ether oxygens (including phenoxy) is 1. The molecule has 0 spiro atoms. The van der Waals surface area contributed by atoms with E-state index in [1.54, 1.807) is 12.1 Å². The van der Waals surface area contributed by atoms with Gasteiger partial charge in [-0.15, -0.1) is 18.3 Å². The van der Waals surface area contributed by atoms with Gasteiger partial charge in [-0.1, -0.05) is 48.0 Å². The number of Topliss-reactive ketones (excluding diaryl/α,β-unsaturated/α-hetero) is 1. The highest BCUT2D eigenvalue weighted by atomic mass is 35.5. The van der Waals surface area contributed by atoms with Crippen LogP contribution in [-0.2, 0) is 17.6 Å². The summed E-state index contributed by atoms with van der Waals surface area (Å²) in [5.41, 5.74) is 3.52. The summed E-state index contributed by atoms with van der Waals surface area (Å²) in [6.07, 6.45) is 0.345. The fraction of sp³-hybridized carbons (Fsp3) is 0.222. The van der Waals surface area contributed by atoms with Crippen LogP contribution in [-0.4, -0.2) is 26.9 Å². The SMILES string of the molecule is O=C(CCCCc1ccc(-c2ncn(-c3ccc(OC(F)(F)F)cc3)n2)cc1)Cc1ccc(Cl)cc1. The van der Waals surface area contributed by atoms with E-state index in [1.807, 2.05) is 36.4 Å². The third kappa shape index (κ3) is 7.42. The predicted octanol–water partition coefficient (Wildman–Crippen LogP) is 7.01. The van der Waals surface area contributed by atoms with Gasteiger partial charge in [-0.2, -0.15) is 0 Å². The minimum Gasteiger partial charge on any atom is -0.406 e. The van der Waals surface area contributed by atoms with Gasteiger partial charge in [0.25, 0.3) is 0 Å². The number of benzene rings is 3. The number of halogens is 4. The molecule has 0 amide bonds. The molecule has 0 aliphatic heterocycles. The summed E-state index contributed by atoms with van der Waals surface area (Å²) in [6.45, 7) is 0. The summed E-state index contributed by atoms with van der Waals surface area (Å²) in [5.74, 6) is 0.426. The van der Waals surface area contributed by atoms with E-state index in [2.05, 4.69) is 14.8 Å². The van der Waals surface area contributed by atoms with Gasteiger partial charge in [-0.3, -0.25) is 4.79 Å². The number of hydrogen-bond acceptors (Lipinski definition) is 4. The smallest absolute Gasteiger partial charge is 0.406 e. The summed E-state index contributed by atoms with van der Waals surface area (Å²) >= 11 is 5.88. The van der Waals surface area contributed by atoms with Crippen LogP contribution in [0.1, 0.15) is 30.4 Å². The molecule has 1 aromatic heterocycles. The Morgan fingerprint density at radius 3 is 2.22 bits per heavy atom. The molecule has 186 valence electrons. The van der Waals surface area contributed by atoms with Crippen LogP contribution in [0.25, 0.3) is 17.1 Å². The Bertz CT molecular complexity index is 1290.